The number of benzene rings is 5. The van der Waals surface area contributed by atoms with Gasteiger partial charge in [0.25, 0.3) is 0 Å². The molecule has 19 N–H and O–H groups in total. The van der Waals surface area contributed by atoms with E-state index in [1.54, 1.807) is 6.92 Å². The zero-order valence-corrected chi connectivity index (χ0v) is 68.9. The molecule has 35 heteroatoms. The zero-order chi connectivity index (χ0) is 86.2. The molecule has 4 saturated carbocycles. The first-order valence-corrected chi connectivity index (χ1v) is 41.7. The van der Waals surface area contributed by atoms with Gasteiger partial charge in [-0.1, -0.05) is 87.9 Å². The van der Waals surface area contributed by atoms with Crippen molar-refractivity contribution in [2.24, 2.45) is 35.3 Å². The van der Waals surface area contributed by atoms with Gasteiger partial charge in [0.1, 0.15) is 89.8 Å². The molecule has 0 radical (unpaired) electrons. The summed E-state index contributed by atoms with van der Waals surface area (Å²) < 4.78 is 39.1. The number of carbonyl (C=O) groups is 9. The minimum atomic E-state index is -2.34. The van der Waals surface area contributed by atoms with Gasteiger partial charge in [0.05, 0.1) is 41.3 Å². The maximum absolute atomic E-state index is 16.6. The molecule has 5 aromatic rings. The van der Waals surface area contributed by atoms with Crippen molar-refractivity contribution in [3.63, 3.8) is 0 Å². The Morgan fingerprint density at radius 2 is 1.29 bits per heavy atom. The topological polar surface area (TPSA) is 505 Å². The Morgan fingerprint density at radius 1 is 0.675 bits per heavy atom. The molecule has 120 heavy (non-hydrogen) atoms. The lowest BCUT2D eigenvalue weighted by Crippen LogP contribution is -2.64. The second kappa shape index (κ2) is 37.2. The fraction of sp³-hybridized carbons (Fsp3) is 0.541. The molecule has 7 aliphatic heterocycles. The number of phenols is 2. The van der Waals surface area contributed by atoms with E-state index < -0.39 is 204 Å². The molecule has 9 amide bonds. The average molecular weight is 1710 g/mol. The average Bonchev–Trinajstić information content (AvgIpc) is 0.759. The third-order valence-corrected chi connectivity index (χ3v) is 24.9. The van der Waals surface area contributed by atoms with Gasteiger partial charge < -0.3 is 118 Å². The largest absolute Gasteiger partial charge is 0.508 e. The summed E-state index contributed by atoms with van der Waals surface area (Å²) >= 11 is 14.5. The predicted molar refractivity (Wildman–Crippen MR) is 431 cm³/mol. The fourth-order valence-corrected chi connectivity index (χ4v) is 18.7. The van der Waals surface area contributed by atoms with Crippen LogP contribution in [0, 0.1) is 36.5 Å². The van der Waals surface area contributed by atoms with Crippen molar-refractivity contribution in [3.8, 4) is 51.4 Å². The number of unbranched alkanes of at least 4 members (excludes halogenated alkanes) is 4. The lowest BCUT2D eigenvalue weighted by Gasteiger charge is -2.54. The van der Waals surface area contributed by atoms with Gasteiger partial charge in [0, 0.05) is 30.0 Å². The maximum atomic E-state index is 16.6. The van der Waals surface area contributed by atoms with Gasteiger partial charge in [-0.25, -0.2) is 0 Å². The van der Waals surface area contributed by atoms with Crippen LogP contribution in [0.5, 0.6) is 40.2 Å². The molecule has 4 aliphatic carbocycles. The first-order chi connectivity index (χ1) is 57.1. The van der Waals surface area contributed by atoms with Crippen LogP contribution >= 0.6 is 23.2 Å². The summed E-state index contributed by atoms with van der Waals surface area (Å²) in [4.78, 5) is 138. The highest BCUT2D eigenvalue weighted by molar-refractivity contribution is 6.32. The Bertz CT molecular complexity index is 4700. The molecule has 33 nitrogen and oxygen atoms in total. The molecule has 648 valence electrons. The molecule has 11 aliphatic rings. The van der Waals surface area contributed by atoms with Crippen molar-refractivity contribution in [1.82, 2.24) is 47.9 Å². The van der Waals surface area contributed by atoms with E-state index in [9.17, 15) is 55.2 Å². The van der Waals surface area contributed by atoms with Crippen LogP contribution in [0.2, 0.25) is 10.0 Å². The van der Waals surface area contributed by atoms with Crippen molar-refractivity contribution in [1.29, 1.82) is 0 Å². The molecule has 18 atom stereocenters. The van der Waals surface area contributed by atoms with Gasteiger partial charge in [-0.05, 0) is 202 Å². The molecule has 15 bridgehead atoms. The number of rotatable bonds is 20. The van der Waals surface area contributed by atoms with E-state index in [0.717, 1.165) is 69.6 Å². The van der Waals surface area contributed by atoms with Crippen LogP contribution in [0.25, 0.3) is 11.1 Å². The van der Waals surface area contributed by atoms with Crippen molar-refractivity contribution in [2.75, 3.05) is 13.7 Å². The number of phenolic OH excluding ortho intramolecular Hbond substituents is 2. The Labute approximate surface area is 702 Å². The van der Waals surface area contributed by atoms with Gasteiger partial charge in [-0.3, -0.25) is 48.5 Å². The zero-order valence-electron chi connectivity index (χ0n) is 67.4. The number of ether oxygens (including phenoxy) is 6. The van der Waals surface area contributed by atoms with E-state index >= 15 is 28.8 Å². The number of nitrogens with one attached hydrogen (secondary N) is 9. The predicted octanol–water partition coefficient (Wildman–Crippen LogP) is 5.08. The number of likely N-dealkylation sites (N-methyl/N-ethyl adjacent to an activating group) is 1. The SMILES string of the molecule is CCCCCCCC(=O)NC(=O)C[C@@H]1NC(=O)[C@H](NC(=O)[C@@H](CC(C)C)NC)[C@H](O)c2ccc(c(Cl)c2)Oc2cc3cc(c2O[C@@H]2O[C@H](CO)[C@@H](O)[C@H](O)[C@H]2O[C@H]2C[C@](C)(N)[C@H](O)[C@H](C)O2)Oc2ccc(cc2Cl)[C@@H](O)[C@@H]2NC(=O)[C@H](NC(=O)[C@@H]3NC1=O)c1ccc(O)c(c1)-c1c(C)cc(O)cc1[C@@H](C(=O)NC1C3CC4CC(C3)CC1C4)NC2=O. The van der Waals surface area contributed by atoms with Crippen LogP contribution in [0.1, 0.15) is 188 Å². The molecule has 7 heterocycles. The molecule has 5 aromatic carbocycles. The highest BCUT2D eigenvalue weighted by Gasteiger charge is 2.53. The number of hydrogen-bond acceptors (Lipinski definition) is 25. The smallest absolute Gasteiger partial charge is 0.248 e. The Morgan fingerprint density at radius 3 is 1.91 bits per heavy atom. The first kappa shape index (κ1) is 88.5. The number of halogens is 2. The first-order valence-electron chi connectivity index (χ1n) is 40.9. The Balaban J connectivity index is 1.01. The number of hydrogen-bond donors (Lipinski definition) is 18. The summed E-state index contributed by atoms with van der Waals surface area (Å²) in [6.07, 6.45) is -10.4. The van der Waals surface area contributed by atoms with E-state index in [-0.39, 0.29) is 109 Å². The minimum absolute atomic E-state index is 0.0410. The number of amides is 9. The van der Waals surface area contributed by atoms with Gasteiger partial charge in [0.15, 0.2) is 23.9 Å². The number of aliphatic hydroxyl groups excluding tert-OH is 6. The number of aliphatic hydroxyl groups is 6. The van der Waals surface area contributed by atoms with Crippen LogP contribution in [0.3, 0.4) is 0 Å². The molecular weight excluding hydrogens is 1600 g/mol. The van der Waals surface area contributed by atoms with Crippen LogP contribution in [0.4, 0.5) is 0 Å². The lowest BCUT2D eigenvalue weighted by atomic mass is 9.54. The molecule has 16 rings (SSSR count). The molecular formula is C85H106Cl2N10O23. The summed E-state index contributed by atoms with van der Waals surface area (Å²) in [5, 5.41) is 118. The number of aryl methyl sites for hydroxylation is 1. The second-order valence-electron chi connectivity index (χ2n) is 33.8. The molecule has 0 aromatic heterocycles. The summed E-state index contributed by atoms with van der Waals surface area (Å²) in [7, 11) is 1.49. The lowest BCUT2D eigenvalue weighted by molar-refractivity contribution is -0.333. The van der Waals surface area contributed by atoms with Crippen molar-refractivity contribution in [3.05, 3.63) is 122 Å². The number of imide groups is 1. The van der Waals surface area contributed by atoms with Crippen molar-refractivity contribution in [2.45, 2.75) is 247 Å². The monoisotopic (exact) mass is 1700 g/mol. The van der Waals surface area contributed by atoms with E-state index in [0.29, 0.717) is 24.7 Å². The number of aromatic hydroxyl groups is 2. The third kappa shape index (κ3) is 19.3. The maximum Gasteiger partial charge on any atom is 0.248 e. The van der Waals surface area contributed by atoms with Gasteiger partial charge in [-0.15, -0.1) is 0 Å². The van der Waals surface area contributed by atoms with Crippen LogP contribution < -0.4 is 67.8 Å². The standard InChI is InChI=1S/C85H106Cl2N10O23/c1-8-9-10-11-12-13-60(101)91-61(102)33-53-78(109)93-66-46-30-57(116-55-18-15-42(28-50(55)86)70(103)68(82(113)90-53)96-77(108)52(89-7)20-36(2)3)74(120-84-75(73(106)72(105)59(35-98)118-84)119-62-34-85(6,88)76(107)38(5)115-62)58(31-46)117-56-19-16-43(29-51(56)87)71(104)69-83(114)95-67(81(112)92-64-44-23-39-22-40(25-44)26-45(64)24-39)49-32-47(99)21-37(4)63(49)48-27-41(14-17-54(48)100)65(79(110)97-69)94-80(66)111/h14-19,21,27-32,36,38-40,44-45,52-53,59,62,64-73,75-76,84,89,98-100,103-107H,8-13,20,22-26,33-35,88H2,1-7H3,(H,90,113)(H,92,112)(H,93,109)(H,94,111)(H,95,114)(H,96,108)(H,97,110)(H,91,101,102)/t38-,39?,40?,44?,45?,52+,53-,59+,62-,64?,65+,66+,67-,68+,69-,70+,71+,72+,73-,75+,76+,84-,85-/m0/s1. The Hall–Kier alpha value is -9.33. The highest BCUT2D eigenvalue weighted by Crippen LogP contribution is 2.55. The summed E-state index contributed by atoms with van der Waals surface area (Å²) in [6.45, 7) is 9.34. The van der Waals surface area contributed by atoms with Crippen molar-refractivity contribution >= 4 is 76.4 Å². The molecule has 2 saturated heterocycles. The van der Waals surface area contributed by atoms with E-state index in [1.807, 2.05) is 20.8 Å². The summed E-state index contributed by atoms with van der Waals surface area (Å²) in [5.41, 5.74) is 4.42. The van der Waals surface area contributed by atoms with E-state index in [1.165, 1.54) is 81.6 Å². The Kier molecular flexibility index (Phi) is 27.4. The van der Waals surface area contributed by atoms with Gasteiger partial charge in [0.2, 0.25) is 65.2 Å². The third-order valence-electron chi connectivity index (χ3n) is 24.3. The molecule has 0 unspecified atom stereocenters. The second-order valence-corrected chi connectivity index (χ2v) is 34.6. The quantitative estimate of drug-likeness (QED) is 0.0451. The molecule has 6 fully saturated rings. The van der Waals surface area contributed by atoms with Crippen molar-refractivity contribution < 1.29 is 112 Å². The van der Waals surface area contributed by atoms with Crippen LogP contribution in [0.15, 0.2) is 78.9 Å². The summed E-state index contributed by atoms with van der Waals surface area (Å²) in [6, 6.07) is 1.83. The normalized spacial score (nSPS) is 31.2. The number of nitrogens with two attached hydrogens (primary N) is 1. The summed E-state index contributed by atoms with van der Waals surface area (Å²) in [5.74, 6) is -12.2. The van der Waals surface area contributed by atoms with E-state index in [2.05, 4.69) is 47.9 Å². The fourth-order valence-electron chi connectivity index (χ4n) is 18.3. The number of carbonyl (C=O) groups excluding carboxylic acids is 9. The minimum Gasteiger partial charge on any atom is -0.508 e. The number of fused-ring (bicyclic) bond motifs is 15. The van der Waals surface area contributed by atoms with Crippen LogP contribution in [-0.4, -0.2) is 193 Å². The van der Waals surface area contributed by atoms with Gasteiger partial charge >= 0.3 is 0 Å². The van der Waals surface area contributed by atoms with Crippen LogP contribution in [-0.2, 0) is 57.4 Å². The highest BCUT2D eigenvalue weighted by atomic mass is 35.5. The van der Waals surface area contributed by atoms with Gasteiger partial charge in [-0.2, -0.15) is 0 Å². The molecule has 0 spiro atoms. The van der Waals surface area contributed by atoms with E-state index in [4.69, 9.17) is 57.4 Å².